The molecule has 134 valence electrons. The number of alkyl halides is 1. The van der Waals surface area contributed by atoms with E-state index >= 15 is 0 Å². The average molecular weight is 371 g/mol. The zero-order chi connectivity index (χ0) is 18.4. The topological polar surface area (TPSA) is 58.4 Å². The second-order valence-electron chi connectivity index (χ2n) is 6.57. The molecule has 2 aromatic rings. The van der Waals surface area contributed by atoms with Gasteiger partial charge in [0.05, 0.1) is 28.9 Å². The third-order valence-corrected chi connectivity index (χ3v) is 5.11. The van der Waals surface area contributed by atoms with E-state index in [1.54, 1.807) is 5.01 Å². The monoisotopic (exact) mass is 370 g/mol. The van der Waals surface area contributed by atoms with Crippen molar-refractivity contribution in [2.75, 3.05) is 12.4 Å². The molecule has 0 N–H and O–H groups in total. The molecule has 2 aliphatic heterocycles. The Hall–Kier alpha value is -2.44. The van der Waals surface area contributed by atoms with E-state index in [0.717, 1.165) is 17.0 Å². The number of carbonyl (C=O) groups excluding carboxylic acids is 2. The molecule has 0 spiro atoms. The number of hydrazine groups is 1. The van der Waals surface area contributed by atoms with Crippen LogP contribution in [0.3, 0.4) is 0 Å². The zero-order valence-corrected chi connectivity index (χ0v) is 15.4. The predicted octanol–water partition coefficient (Wildman–Crippen LogP) is 2.84. The molecule has 6 nitrogen and oxygen atoms in total. The number of hydrogen-bond acceptors (Lipinski definition) is 4. The normalized spacial score (nSPS) is 20.2. The lowest BCUT2D eigenvalue weighted by atomic mass is 9.97. The van der Waals surface area contributed by atoms with Gasteiger partial charge in [0.25, 0.3) is 5.91 Å². The van der Waals surface area contributed by atoms with Crippen LogP contribution in [0.25, 0.3) is 0 Å². The van der Waals surface area contributed by atoms with Crippen LogP contribution in [0, 0.1) is 13.8 Å². The minimum atomic E-state index is -0.340. The molecule has 1 aromatic heterocycles. The molecule has 0 unspecified atom stereocenters. The zero-order valence-electron chi connectivity index (χ0n) is 14.6. The van der Waals surface area contributed by atoms with Crippen LogP contribution in [0.1, 0.15) is 34.2 Å². The highest BCUT2D eigenvalue weighted by Gasteiger charge is 2.48. The van der Waals surface area contributed by atoms with E-state index < -0.39 is 0 Å². The van der Waals surface area contributed by atoms with Crippen LogP contribution >= 0.6 is 11.6 Å². The number of halogens is 1. The highest BCUT2D eigenvalue weighted by atomic mass is 35.5. The first kappa shape index (κ1) is 17.0. The number of fused-ring (bicyclic) bond motifs is 1. The van der Waals surface area contributed by atoms with Gasteiger partial charge >= 0.3 is 0 Å². The summed E-state index contributed by atoms with van der Waals surface area (Å²) in [5, 5.41) is 7.86. The van der Waals surface area contributed by atoms with Crippen molar-refractivity contribution in [2.45, 2.75) is 26.3 Å². The van der Waals surface area contributed by atoms with E-state index in [9.17, 15) is 9.59 Å². The minimum absolute atomic E-state index is 0.0299. The summed E-state index contributed by atoms with van der Waals surface area (Å²) in [5.74, 6) is -0.175. The van der Waals surface area contributed by atoms with Crippen molar-refractivity contribution in [3.8, 4) is 0 Å². The SMILES string of the molecule is Cc1cc(C)n(C(=O)C2=C(CCl)N3C(=O)CCN3[C@@H]2c2ccccc2)n1. The van der Waals surface area contributed by atoms with Crippen LogP contribution < -0.4 is 0 Å². The molecule has 0 aliphatic carbocycles. The first-order chi connectivity index (χ1) is 12.5. The van der Waals surface area contributed by atoms with E-state index in [2.05, 4.69) is 5.10 Å². The number of allylic oxidation sites excluding steroid dienone is 1. The molecule has 1 fully saturated rings. The molecule has 0 radical (unpaired) electrons. The Bertz CT molecular complexity index is 919. The summed E-state index contributed by atoms with van der Waals surface area (Å²) in [5.41, 5.74) is 3.56. The first-order valence-corrected chi connectivity index (χ1v) is 9.07. The predicted molar refractivity (Wildman–Crippen MR) is 97.4 cm³/mol. The number of hydrogen-bond donors (Lipinski definition) is 0. The van der Waals surface area contributed by atoms with Crippen LogP contribution in [-0.4, -0.2) is 44.0 Å². The molecular formula is C19H19ClN4O2. The van der Waals surface area contributed by atoms with Crippen LogP contribution in [0.15, 0.2) is 47.7 Å². The molecular weight excluding hydrogens is 352 g/mol. The van der Waals surface area contributed by atoms with Gasteiger partial charge in [0.1, 0.15) is 0 Å². The largest absolute Gasteiger partial charge is 0.278 e. The van der Waals surface area contributed by atoms with E-state index in [1.807, 2.05) is 55.3 Å². The van der Waals surface area contributed by atoms with Gasteiger partial charge in [-0.25, -0.2) is 14.7 Å². The van der Waals surface area contributed by atoms with Gasteiger partial charge in [0, 0.05) is 18.7 Å². The molecule has 26 heavy (non-hydrogen) atoms. The summed E-state index contributed by atoms with van der Waals surface area (Å²) < 4.78 is 1.40. The Morgan fingerprint density at radius 3 is 2.62 bits per heavy atom. The Balaban J connectivity index is 1.89. The first-order valence-electron chi connectivity index (χ1n) is 8.54. The number of rotatable bonds is 3. The molecule has 2 aliphatic rings. The average Bonchev–Trinajstić information content (AvgIpc) is 3.28. The second kappa shape index (κ2) is 6.37. The fraction of sp³-hybridized carbons (Fsp3) is 0.316. The number of benzene rings is 1. The Labute approximate surface area is 156 Å². The Morgan fingerprint density at radius 1 is 1.27 bits per heavy atom. The molecule has 1 aromatic carbocycles. The van der Waals surface area contributed by atoms with Crippen molar-refractivity contribution in [1.82, 2.24) is 19.8 Å². The lowest BCUT2D eigenvalue weighted by molar-refractivity contribution is -0.133. The number of nitrogens with zero attached hydrogens (tertiary/aromatic N) is 4. The lowest BCUT2D eigenvalue weighted by Gasteiger charge is -2.27. The maximum absolute atomic E-state index is 13.4. The van der Waals surface area contributed by atoms with E-state index in [1.165, 1.54) is 4.68 Å². The molecule has 0 bridgehead atoms. The second-order valence-corrected chi connectivity index (χ2v) is 6.84. The van der Waals surface area contributed by atoms with E-state index in [4.69, 9.17) is 11.6 Å². The van der Waals surface area contributed by atoms with Gasteiger partial charge in [-0.2, -0.15) is 5.10 Å². The fourth-order valence-corrected chi connectivity index (χ4v) is 4.08. The van der Waals surface area contributed by atoms with Crippen LogP contribution in [0.2, 0.25) is 0 Å². The Kier molecular flexibility index (Phi) is 4.17. The van der Waals surface area contributed by atoms with Crippen molar-refractivity contribution in [1.29, 1.82) is 0 Å². The summed E-state index contributed by atoms with van der Waals surface area (Å²) in [4.78, 5) is 25.8. The van der Waals surface area contributed by atoms with Crippen molar-refractivity contribution in [2.24, 2.45) is 0 Å². The standard InChI is InChI=1S/C19H19ClN4O2/c1-12-10-13(2)23(21-12)19(26)17-15(11-20)24-16(25)8-9-22(24)18(17)14-6-4-3-5-7-14/h3-7,10,18H,8-9,11H2,1-2H3/t18-/m1/s1. The summed E-state index contributed by atoms with van der Waals surface area (Å²) in [7, 11) is 0. The number of aryl methyl sites for hydroxylation is 2. The highest BCUT2D eigenvalue weighted by molar-refractivity contribution is 6.20. The van der Waals surface area contributed by atoms with Crippen LogP contribution in [0.4, 0.5) is 0 Å². The molecule has 4 rings (SSSR count). The quantitative estimate of drug-likeness (QED) is 0.779. The van der Waals surface area contributed by atoms with Crippen molar-refractivity contribution in [3.63, 3.8) is 0 Å². The van der Waals surface area contributed by atoms with Crippen molar-refractivity contribution < 1.29 is 9.59 Å². The molecule has 1 saturated heterocycles. The molecule has 7 heteroatoms. The lowest BCUT2D eigenvalue weighted by Crippen LogP contribution is -2.35. The van der Waals surface area contributed by atoms with Crippen LogP contribution in [0.5, 0.6) is 0 Å². The van der Waals surface area contributed by atoms with Crippen LogP contribution in [-0.2, 0) is 4.79 Å². The van der Waals surface area contributed by atoms with Gasteiger partial charge in [-0.1, -0.05) is 30.3 Å². The minimum Gasteiger partial charge on any atom is -0.273 e. The summed E-state index contributed by atoms with van der Waals surface area (Å²) >= 11 is 6.20. The van der Waals surface area contributed by atoms with Gasteiger partial charge in [0.2, 0.25) is 5.91 Å². The van der Waals surface area contributed by atoms with Gasteiger partial charge in [-0.15, -0.1) is 11.6 Å². The maximum Gasteiger partial charge on any atom is 0.278 e. The molecule has 3 heterocycles. The smallest absolute Gasteiger partial charge is 0.273 e. The fourth-order valence-electron chi connectivity index (χ4n) is 3.82. The molecule has 1 amide bonds. The van der Waals surface area contributed by atoms with E-state index in [0.29, 0.717) is 24.2 Å². The van der Waals surface area contributed by atoms with Gasteiger partial charge in [-0.3, -0.25) is 9.59 Å². The van der Waals surface area contributed by atoms with Crippen molar-refractivity contribution >= 4 is 23.4 Å². The summed E-state index contributed by atoms with van der Waals surface area (Å²) in [6, 6.07) is 11.3. The summed E-state index contributed by atoms with van der Waals surface area (Å²) in [6.45, 7) is 4.26. The van der Waals surface area contributed by atoms with Gasteiger partial charge in [0.15, 0.2) is 0 Å². The van der Waals surface area contributed by atoms with Gasteiger partial charge < -0.3 is 0 Å². The maximum atomic E-state index is 13.4. The number of carbonyl (C=O) groups is 2. The third kappa shape index (κ3) is 2.48. The third-order valence-electron chi connectivity index (χ3n) is 4.86. The number of amides is 1. The van der Waals surface area contributed by atoms with E-state index in [-0.39, 0.29) is 23.7 Å². The number of aromatic nitrogens is 2. The Morgan fingerprint density at radius 2 is 2.00 bits per heavy atom. The molecule has 1 atom stereocenters. The molecule has 0 saturated carbocycles. The highest BCUT2D eigenvalue weighted by Crippen LogP contribution is 2.44. The van der Waals surface area contributed by atoms with Gasteiger partial charge in [-0.05, 0) is 25.5 Å². The van der Waals surface area contributed by atoms with Crippen molar-refractivity contribution in [3.05, 3.63) is 64.6 Å². The summed E-state index contributed by atoms with van der Waals surface area (Å²) in [6.07, 6.45) is 0.422.